The predicted octanol–water partition coefficient (Wildman–Crippen LogP) is 1.43. The number of carboxylic acids is 1. The predicted molar refractivity (Wildman–Crippen MR) is 64.4 cm³/mol. The summed E-state index contributed by atoms with van der Waals surface area (Å²) in [4.78, 5) is 11.2. The fourth-order valence-corrected chi connectivity index (χ4v) is 2.03. The zero-order valence-electron chi connectivity index (χ0n) is 9.61. The van der Waals surface area contributed by atoms with E-state index < -0.39 is 5.97 Å². The number of rotatable bonds is 2. The largest absolute Gasteiger partial charge is 0.478 e. The molecular weight excluding hydrogens is 232 g/mol. The Morgan fingerprint density at radius 1 is 1.28 bits per heavy atom. The van der Waals surface area contributed by atoms with Gasteiger partial charge in [0.15, 0.2) is 0 Å². The van der Waals surface area contributed by atoms with Crippen LogP contribution in [0.25, 0.3) is 16.8 Å². The van der Waals surface area contributed by atoms with Gasteiger partial charge in [-0.2, -0.15) is 10.2 Å². The molecule has 3 aromatic heterocycles. The lowest BCUT2D eigenvalue weighted by molar-refractivity contribution is 0.0697. The third-order valence-electron chi connectivity index (χ3n) is 2.85. The van der Waals surface area contributed by atoms with E-state index in [4.69, 9.17) is 5.11 Å². The molecule has 18 heavy (non-hydrogen) atoms. The third kappa shape index (κ3) is 1.39. The van der Waals surface area contributed by atoms with Gasteiger partial charge in [-0.3, -0.25) is 4.68 Å². The number of aromatic carboxylic acids is 1. The summed E-state index contributed by atoms with van der Waals surface area (Å²) in [5.74, 6) is -0.992. The highest BCUT2D eigenvalue weighted by atomic mass is 16.4. The van der Waals surface area contributed by atoms with Crippen LogP contribution in [0.5, 0.6) is 0 Å². The van der Waals surface area contributed by atoms with Crippen molar-refractivity contribution in [2.75, 3.05) is 0 Å². The van der Waals surface area contributed by atoms with Gasteiger partial charge in [-0.05, 0) is 12.1 Å². The quantitative estimate of drug-likeness (QED) is 0.737. The Labute approximate surface area is 102 Å². The Morgan fingerprint density at radius 3 is 2.89 bits per heavy atom. The molecule has 0 fully saturated rings. The number of aromatic nitrogens is 4. The molecule has 0 bridgehead atoms. The molecule has 0 aliphatic carbocycles. The maximum absolute atomic E-state index is 11.2. The molecule has 6 nitrogen and oxygen atoms in total. The molecule has 3 heterocycles. The van der Waals surface area contributed by atoms with E-state index in [0.29, 0.717) is 5.69 Å². The zero-order valence-corrected chi connectivity index (χ0v) is 9.61. The van der Waals surface area contributed by atoms with E-state index >= 15 is 0 Å². The smallest absolute Gasteiger partial charge is 0.339 e. The number of fused-ring (bicyclic) bond motifs is 1. The van der Waals surface area contributed by atoms with Crippen molar-refractivity contribution in [1.29, 1.82) is 0 Å². The van der Waals surface area contributed by atoms with Crippen molar-refractivity contribution < 1.29 is 9.90 Å². The van der Waals surface area contributed by atoms with Crippen molar-refractivity contribution in [3.63, 3.8) is 0 Å². The van der Waals surface area contributed by atoms with Crippen molar-refractivity contribution in [2.45, 2.75) is 0 Å². The van der Waals surface area contributed by atoms with E-state index in [1.807, 2.05) is 24.4 Å². The van der Waals surface area contributed by atoms with Crippen LogP contribution in [-0.4, -0.2) is 30.5 Å². The lowest BCUT2D eigenvalue weighted by Crippen LogP contribution is -2.00. The minimum absolute atomic E-state index is 0.177. The van der Waals surface area contributed by atoms with Crippen molar-refractivity contribution in [2.24, 2.45) is 7.05 Å². The average Bonchev–Trinajstić information content (AvgIpc) is 2.92. The molecule has 0 unspecified atom stereocenters. The molecule has 90 valence electrons. The number of hydrogen-bond donors (Lipinski definition) is 1. The lowest BCUT2D eigenvalue weighted by Gasteiger charge is -2.02. The number of hydrogen-bond acceptors (Lipinski definition) is 3. The Morgan fingerprint density at radius 2 is 2.11 bits per heavy atom. The van der Waals surface area contributed by atoms with E-state index in [2.05, 4.69) is 10.2 Å². The Kier molecular flexibility index (Phi) is 2.16. The first-order valence-electron chi connectivity index (χ1n) is 5.36. The van der Waals surface area contributed by atoms with E-state index in [1.54, 1.807) is 22.4 Å². The molecule has 0 saturated heterocycles. The van der Waals surface area contributed by atoms with E-state index in [9.17, 15) is 4.79 Å². The van der Waals surface area contributed by atoms with Crippen LogP contribution in [0, 0.1) is 0 Å². The highest BCUT2D eigenvalue weighted by Gasteiger charge is 2.19. The first kappa shape index (κ1) is 10.5. The molecule has 0 spiro atoms. The molecule has 0 amide bonds. The van der Waals surface area contributed by atoms with Gasteiger partial charge in [0, 0.05) is 18.8 Å². The summed E-state index contributed by atoms with van der Waals surface area (Å²) in [6.07, 6.45) is 4.82. The van der Waals surface area contributed by atoms with Gasteiger partial charge in [0.05, 0.1) is 23.6 Å². The van der Waals surface area contributed by atoms with Gasteiger partial charge in [-0.15, -0.1) is 0 Å². The fourth-order valence-electron chi connectivity index (χ4n) is 2.03. The van der Waals surface area contributed by atoms with Gasteiger partial charge < -0.3 is 5.11 Å². The number of aryl methyl sites for hydroxylation is 1. The second-order valence-corrected chi connectivity index (χ2v) is 3.92. The highest BCUT2D eigenvalue weighted by molar-refractivity contribution is 5.97. The molecule has 1 N–H and O–H groups in total. The van der Waals surface area contributed by atoms with Gasteiger partial charge in [0.25, 0.3) is 0 Å². The van der Waals surface area contributed by atoms with Gasteiger partial charge in [0.2, 0.25) is 0 Å². The van der Waals surface area contributed by atoms with Gasteiger partial charge >= 0.3 is 5.97 Å². The Hall–Kier alpha value is -2.63. The Bertz CT molecular complexity index is 741. The number of pyridine rings is 1. The van der Waals surface area contributed by atoms with Crippen LogP contribution in [-0.2, 0) is 7.05 Å². The molecule has 0 saturated carbocycles. The molecule has 3 rings (SSSR count). The molecule has 0 radical (unpaired) electrons. The molecular formula is C12H10N4O2. The third-order valence-corrected chi connectivity index (χ3v) is 2.85. The minimum atomic E-state index is -0.992. The molecule has 0 aliphatic heterocycles. The maximum Gasteiger partial charge on any atom is 0.339 e. The van der Waals surface area contributed by atoms with Crippen molar-refractivity contribution in [1.82, 2.24) is 19.4 Å². The summed E-state index contributed by atoms with van der Waals surface area (Å²) in [7, 11) is 1.72. The number of carboxylic acid groups (broad SMARTS) is 1. The van der Waals surface area contributed by atoms with Gasteiger partial charge in [-0.25, -0.2) is 9.31 Å². The van der Waals surface area contributed by atoms with Gasteiger partial charge in [0.1, 0.15) is 5.56 Å². The fraction of sp³-hybridized carbons (Fsp3) is 0.0833. The van der Waals surface area contributed by atoms with Crippen LogP contribution in [0.2, 0.25) is 0 Å². The lowest BCUT2D eigenvalue weighted by atomic mass is 10.1. The molecule has 6 heteroatoms. The SMILES string of the molecule is Cn1ncc(C(=O)O)c1-c1cnn2ccccc12. The first-order valence-corrected chi connectivity index (χ1v) is 5.36. The summed E-state index contributed by atoms with van der Waals surface area (Å²) in [6.45, 7) is 0. The topological polar surface area (TPSA) is 72.4 Å². The second kappa shape index (κ2) is 3.69. The average molecular weight is 242 g/mol. The second-order valence-electron chi connectivity index (χ2n) is 3.92. The van der Waals surface area contributed by atoms with Crippen LogP contribution < -0.4 is 0 Å². The monoisotopic (exact) mass is 242 g/mol. The summed E-state index contributed by atoms with van der Waals surface area (Å²) in [5.41, 5.74) is 2.34. The maximum atomic E-state index is 11.2. The summed E-state index contributed by atoms with van der Waals surface area (Å²) in [5, 5.41) is 17.4. The van der Waals surface area contributed by atoms with Crippen LogP contribution in [0.1, 0.15) is 10.4 Å². The number of carbonyl (C=O) groups is 1. The normalized spacial score (nSPS) is 10.9. The van der Waals surface area contributed by atoms with Crippen molar-refractivity contribution in [3.8, 4) is 11.3 Å². The van der Waals surface area contributed by atoms with Crippen LogP contribution >= 0.6 is 0 Å². The van der Waals surface area contributed by atoms with Crippen LogP contribution in [0.3, 0.4) is 0 Å². The molecule has 0 atom stereocenters. The summed E-state index contributed by atoms with van der Waals surface area (Å²) < 4.78 is 3.25. The van der Waals surface area contributed by atoms with Crippen LogP contribution in [0.15, 0.2) is 36.8 Å². The minimum Gasteiger partial charge on any atom is -0.478 e. The number of nitrogens with zero attached hydrogens (tertiary/aromatic N) is 4. The highest BCUT2D eigenvalue weighted by Crippen LogP contribution is 2.27. The molecule has 3 aromatic rings. The first-order chi connectivity index (χ1) is 8.68. The van der Waals surface area contributed by atoms with Gasteiger partial charge in [-0.1, -0.05) is 6.07 Å². The van der Waals surface area contributed by atoms with E-state index in [-0.39, 0.29) is 5.56 Å². The standard InChI is InChI=1S/C12H10N4O2/c1-15-11(9(7-13-15)12(17)18)8-6-14-16-5-3-2-4-10(8)16/h2-7H,1H3,(H,17,18). The molecule has 0 aromatic carbocycles. The zero-order chi connectivity index (χ0) is 12.7. The Balaban J connectivity index is 2.33. The van der Waals surface area contributed by atoms with Crippen LogP contribution in [0.4, 0.5) is 0 Å². The van der Waals surface area contributed by atoms with Crippen molar-refractivity contribution in [3.05, 3.63) is 42.4 Å². The van der Waals surface area contributed by atoms with E-state index in [1.165, 1.54) is 6.20 Å². The molecule has 0 aliphatic rings. The van der Waals surface area contributed by atoms with Crippen molar-refractivity contribution >= 4 is 11.5 Å². The van der Waals surface area contributed by atoms with E-state index in [0.717, 1.165) is 11.1 Å². The summed E-state index contributed by atoms with van der Waals surface area (Å²) >= 11 is 0. The summed E-state index contributed by atoms with van der Waals surface area (Å²) in [6, 6.07) is 5.64.